The van der Waals surface area contributed by atoms with Gasteiger partial charge in [-0.15, -0.1) is 0 Å². The number of nitrogens with two attached hydrogens (primary N) is 1. The van der Waals surface area contributed by atoms with Crippen LogP contribution in [0.25, 0.3) is 0 Å². The van der Waals surface area contributed by atoms with Gasteiger partial charge in [0.15, 0.2) is 0 Å². The number of halogens is 2. The summed E-state index contributed by atoms with van der Waals surface area (Å²) in [6.07, 6.45) is 0.759. The Morgan fingerprint density at radius 3 is 2.50 bits per heavy atom. The van der Waals surface area contributed by atoms with Crippen molar-refractivity contribution in [3.05, 3.63) is 33.8 Å². The summed E-state index contributed by atoms with van der Waals surface area (Å²) < 4.78 is 0. The van der Waals surface area contributed by atoms with Crippen LogP contribution in [0.4, 0.5) is 17.8 Å². The van der Waals surface area contributed by atoms with Crippen LogP contribution in [0.1, 0.15) is 19.4 Å². The molecule has 6 nitrogen and oxygen atoms in total. The van der Waals surface area contributed by atoms with Gasteiger partial charge in [0.1, 0.15) is 0 Å². The fourth-order valence-electron chi connectivity index (χ4n) is 1.81. The van der Waals surface area contributed by atoms with Gasteiger partial charge >= 0.3 is 0 Å². The number of aromatic nitrogens is 3. The molecule has 1 heterocycles. The van der Waals surface area contributed by atoms with Gasteiger partial charge in [-0.2, -0.15) is 15.0 Å². The summed E-state index contributed by atoms with van der Waals surface area (Å²) in [5.74, 6) is 1.07. The third kappa shape index (κ3) is 4.89. The van der Waals surface area contributed by atoms with E-state index in [1.54, 1.807) is 6.07 Å². The molecule has 0 aliphatic carbocycles. The Balaban J connectivity index is 1.96. The SMILES string of the molecule is CC(C)Nc1nc(N)nc(NCCc2ccc(Cl)c(Cl)c2)n1. The topological polar surface area (TPSA) is 88.8 Å². The molecule has 1 aromatic heterocycles. The van der Waals surface area contributed by atoms with E-state index >= 15 is 0 Å². The van der Waals surface area contributed by atoms with Crippen LogP contribution in [-0.2, 0) is 6.42 Å². The maximum Gasteiger partial charge on any atom is 0.229 e. The molecule has 0 unspecified atom stereocenters. The van der Waals surface area contributed by atoms with Crippen LogP contribution >= 0.6 is 23.2 Å². The van der Waals surface area contributed by atoms with Gasteiger partial charge in [-0.3, -0.25) is 0 Å². The summed E-state index contributed by atoms with van der Waals surface area (Å²) in [7, 11) is 0. The van der Waals surface area contributed by atoms with Crippen molar-refractivity contribution in [2.24, 2.45) is 0 Å². The smallest absolute Gasteiger partial charge is 0.229 e. The average molecular weight is 341 g/mol. The van der Waals surface area contributed by atoms with E-state index in [-0.39, 0.29) is 12.0 Å². The van der Waals surface area contributed by atoms with E-state index in [2.05, 4.69) is 25.6 Å². The minimum Gasteiger partial charge on any atom is -0.368 e. The van der Waals surface area contributed by atoms with Crippen LogP contribution in [0.2, 0.25) is 10.0 Å². The highest BCUT2D eigenvalue weighted by molar-refractivity contribution is 6.42. The minimum atomic E-state index is 0.176. The quantitative estimate of drug-likeness (QED) is 0.748. The summed E-state index contributed by atoms with van der Waals surface area (Å²) in [5, 5.41) is 7.31. The number of hydrogen-bond donors (Lipinski definition) is 3. The summed E-state index contributed by atoms with van der Waals surface area (Å²) in [6, 6.07) is 5.78. The van der Waals surface area contributed by atoms with E-state index in [1.807, 2.05) is 26.0 Å². The molecule has 0 aliphatic heterocycles. The van der Waals surface area contributed by atoms with Gasteiger partial charge in [0.25, 0.3) is 0 Å². The molecule has 0 amide bonds. The molecule has 118 valence electrons. The molecule has 2 rings (SSSR count). The first kappa shape index (κ1) is 16.6. The van der Waals surface area contributed by atoms with E-state index in [0.717, 1.165) is 12.0 Å². The predicted octanol–water partition coefficient (Wildman–Crippen LogP) is 3.24. The standard InChI is InChI=1S/C14H18Cl2N6/c1-8(2)19-14-21-12(17)20-13(22-14)18-6-5-9-3-4-10(15)11(16)7-9/h3-4,7-8H,5-6H2,1-2H3,(H4,17,18,19,20,21,22). The van der Waals surface area contributed by atoms with Gasteiger partial charge in [0, 0.05) is 12.6 Å². The van der Waals surface area contributed by atoms with Crippen molar-refractivity contribution in [3.8, 4) is 0 Å². The third-order valence-electron chi connectivity index (χ3n) is 2.75. The molecule has 2 aromatic rings. The summed E-state index contributed by atoms with van der Waals surface area (Å²) in [5.41, 5.74) is 6.75. The van der Waals surface area contributed by atoms with Crippen molar-refractivity contribution in [1.82, 2.24) is 15.0 Å². The molecule has 0 bridgehead atoms. The number of nitrogens with zero attached hydrogens (tertiary/aromatic N) is 3. The molecular weight excluding hydrogens is 323 g/mol. The van der Waals surface area contributed by atoms with Crippen LogP contribution in [-0.4, -0.2) is 27.5 Å². The highest BCUT2D eigenvalue weighted by atomic mass is 35.5. The second-order valence-corrected chi connectivity index (χ2v) is 5.88. The molecule has 0 saturated heterocycles. The van der Waals surface area contributed by atoms with E-state index < -0.39 is 0 Å². The molecule has 0 radical (unpaired) electrons. The highest BCUT2D eigenvalue weighted by Gasteiger charge is 2.05. The maximum atomic E-state index is 5.99. The van der Waals surface area contributed by atoms with E-state index in [1.165, 1.54) is 0 Å². The number of anilines is 3. The molecule has 0 aliphatic rings. The van der Waals surface area contributed by atoms with Crippen molar-refractivity contribution in [3.63, 3.8) is 0 Å². The highest BCUT2D eigenvalue weighted by Crippen LogP contribution is 2.22. The lowest BCUT2D eigenvalue weighted by atomic mass is 10.1. The Kier molecular flexibility index (Phi) is 5.63. The monoisotopic (exact) mass is 340 g/mol. The van der Waals surface area contributed by atoms with Crippen LogP contribution in [0.3, 0.4) is 0 Å². The Labute approximate surface area is 139 Å². The molecule has 4 N–H and O–H groups in total. The first-order valence-corrected chi connectivity index (χ1v) is 7.65. The van der Waals surface area contributed by atoms with Gasteiger partial charge in [0.2, 0.25) is 17.8 Å². The molecule has 0 fully saturated rings. The maximum absolute atomic E-state index is 5.99. The molecule has 0 atom stereocenters. The van der Waals surface area contributed by atoms with Crippen molar-refractivity contribution < 1.29 is 0 Å². The van der Waals surface area contributed by atoms with Gasteiger partial charge in [-0.05, 0) is 38.0 Å². The van der Waals surface area contributed by atoms with E-state index in [9.17, 15) is 0 Å². The first-order chi connectivity index (χ1) is 10.4. The molecule has 8 heteroatoms. The average Bonchev–Trinajstić information content (AvgIpc) is 2.41. The zero-order valence-corrected chi connectivity index (χ0v) is 13.9. The van der Waals surface area contributed by atoms with Crippen molar-refractivity contribution in [2.75, 3.05) is 22.9 Å². The van der Waals surface area contributed by atoms with E-state index in [0.29, 0.717) is 28.5 Å². The summed E-state index contributed by atoms with van der Waals surface area (Å²) in [6.45, 7) is 4.64. The van der Waals surface area contributed by atoms with Crippen LogP contribution in [0.5, 0.6) is 0 Å². The predicted molar refractivity (Wildman–Crippen MR) is 91.7 cm³/mol. The number of rotatable bonds is 6. The second-order valence-electron chi connectivity index (χ2n) is 5.07. The molecule has 1 aromatic carbocycles. The number of nitrogen functional groups attached to an aromatic ring is 1. The number of hydrogen-bond acceptors (Lipinski definition) is 6. The largest absolute Gasteiger partial charge is 0.368 e. The zero-order chi connectivity index (χ0) is 16.1. The van der Waals surface area contributed by atoms with E-state index in [4.69, 9.17) is 28.9 Å². The van der Waals surface area contributed by atoms with Crippen molar-refractivity contribution >= 4 is 41.0 Å². The molecule has 22 heavy (non-hydrogen) atoms. The summed E-state index contributed by atoms with van der Waals surface area (Å²) in [4.78, 5) is 12.4. The lowest BCUT2D eigenvalue weighted by Crippen LogP contribution is -2.16. The number of benzene rings is 1. The summed E-state index contributed by atoms with van der Waals surface area (Å²) >= 11 is 11.9. The lowest BCUT2D eigenvalue weighted by molar-refractivity contribution is 0.866. The van der Waals surface area contributed by atoms with Gasteiger partial charge < -0.3 is 16.4 Å². The minimum absolute atomic E-state index is 0.176. The van der Waals surface area contributed by atoms with Crippen LogP contribution in [0, 0.1) is 0 Å². The van der Waals surface area contributed by atoms with Crippen LogP contribution in [0.15, 0.2) is 18.2 Å². The van der Waals surface area contributed by atoms with Crippen molar-refractivity contribution in [2.45, 2.75) is 26.3 Å². The molecule has 0 saturated carbocycles. The fourth-order valence-corrected chi connectivity index (χ4v) is 2.13. The van der Waals surface area contributed by atoms with Gasteiger partial charge in [-0.1, -0.05) is 29.3 Å². The second kappa shape index (κ2) is 7.47. The third-order valence-corrected chi connectivity index (χ3v) is 3.49. The fraction of sp³-hybridized carbons (Fsp3) is 0.357. The van der Waals surface area contributed by atoms with Crippen LogP contribution < -0.4 is 16.4 Å². The van der Waals surface area contributed by atoms with Crippen molar-refractivity contribution in [1.29, 1.82) is 0 Å². The number of nitrogens with one attached hydrogen (secondary N) is 2. The lowest BCUT2D eigenvalue weighted by Gasteiger charge is -2.10. The molecule has 0 spiro atoms. The Morgan fingerprint density at radius 1 is 1.09 bits per heavy atom. The normalized spacial score (nSPS) is 10.8. The Bertz CT molecular complexity index is 647. The first-order valence-electron chi connectivity index (χ1n) is 6.90. The Morgan fingerprint density at radius 2 is 1.82 bits per heavy atom. The van der Waals surface area contributed by atoms with Gasteiger partial charge in [0.05, 0.1) is 10.0 Å². The molecular formula is C14H18Cl2N6. The van der Waals surface area contributed by atoms with Gasteiger partial charge in [-0.25, -0.2) is 0 Å². The zero-order valence-electron chi connectivity index (χ0n) is 12.4. The Hall–Kier alpha value is -1.79.